The first kappa shape index (κ1) is 15.3. The third-order valence-corrected chi connectivity index (χ3v) is 4.07. The minimum absolute atomic E-state index is 0.523. The summed E-state index contributed by atoms with van der Waals surface area (Å²) in [6.07, 6.45) is 8.51. The molecule has 0 aromatic carbocycles. The van der Waals surface area contributed by atoms with E-state index in [1.807, 2.05) is 6.20 Å². The van der Waals surface area contributed by atoms with Gasteiger partial charge in [-0.05, 0) is 43.4 Å². The number of nitrogens with one attached hydrogen (secondary N) is 1. The summed E-state index contributed by atoms with van der Waals surface area (Å²) in [6.45, 7) is 8.75. The monoisotopic (exact) mass is 275 g/mol. The lowest BCUT2D eigenvalue weighted by Crippen LogP contribution is -2.40. The van der Waals surface area contributed by atoms with Crippen LogP contribution in [0, 0.1) is 0 Å². The molecule has 1 saturated heterocycles. The third-order valence-electron chi connectivity index (χ3n) is 4.07. The van der Waals surface area contributed by atoms with Crippen LogP contribution < -0.4 is 10.2 Å². The first-order valence-corrected chi connectivity index (χ1v) is 8.15. The molecule has 1 aliphatic heterocycles. The number of hydrogen-bond donors (Lipinski definition) is 1. The van der Waals surface area contributed by atoms with Crippen LogP contribution in [0.4, 0.5) is 5.82 Å². The van der Waals surface area contributed by atoms with Crippen LogP contribution in [0.2, 0.25) is 0 Å². The second kappa shape index (κ2) is 7.63. The van der Waals surface area contributed by atoms with Crippen LogP contribution in [0.15, 0.2) is 18.3 Å². The summed E-state index contributed by atoms with van der Waals surface area (Å²) < 4.78 is 0. The van der Waals surface area contributed by atoms with Crippen LogP contribution in [0.25, 0.3) is 0 Å². The van der Waals surface area contributed by atoms with Gasteiger partial charge in [0.25, 0.3) is 0 Å². The number of anilines is 1. The molecule has 1 aromatic heterocycles. The lowest BCUT2D eigenvalue weighted by Gasteiger charge is -2.37. The van der Waals surface area contributed by atoms with Crippen LogP contribution in [0.3, 0.4) is 0 Å². The van der Waals surface area contributed by atoms with Crippen LogP contribution in [0.1, 0.15) is 58.4 Å². The molecule has 0 bridgehead atoms. The van der Waals surface area contributed by atoms with Crippen LogP contribution in [-0.2, 0) is 6.54 Å². The molecule has 1 aromatic rings. The standard InChI is InChI=1S/C17H29N3/c1-4-7-16-8-5-6-11-20(16)17-12-15(9-10-18-17)13-19-14(2)3/h9-10,12,14,16,19H,4-8,11,13H2,1-3H3. The Morgan fingerprint density at radius 3 is 3.00 bits per heavy atom. The molecule has 3 nitrogen and oxygen atoms in total. The highest BCUT2D eigenvalue weighted by Crippen LogP contribution is 2.26. The summed E-state index contributed by atoms with van der Waals surface area (Å²) in [4.78, 5) is 7.15. The van der Waals surface area contributed by atoms with Crippen molar-refractivity contribution in [1.82, 2.24) is 10.3 Å². The van der Waals surface area contributed by atoms with E-state index in [-0.39, 0.29) is 0 Å². The fraction of sp³-hybridized carbons (Fsp3) is 0.706. The van der Waals surface area contributed by atoms with E-state index < -0.39 is 0 Å². The van der Waals surface area contributed by atoms with Gasteiger partial charge in [-0.3, -0.25) is 0 Å². The van der Waals surface area contributed by atoms with Gasteiger partial charge < -0.3 is 10.2 Å². The van der Waals surface area contributed by atoms with Gasteiger partial charge in [0.05, 0.1) is 0 Å². The lowest BCUT2D eigenvalue weighted by molar-refractivity contribution is 0.431. The van der Waals surface area contributed by atoms with E-state index in [1.54, 1.807) is 0 Å². The quantitative estimate of drug-likeness (QED) is 0.857. The molecular weight excluding hydrogens is 246 g/mol. The average Bonchev–Trinajstić information content (AvgIpc) is 2.46. The Kier molecular flexibility index (Phi) is 5.84. The predicted octanol–water partition coefficient (Wildman–Crippen LogP) is 3.74. The van der Waals surface area contributed by atoms with Gasteiger partial charge in [-0.1, -0.05) is 27.2 Å². The molecule has 2 heterocycles. The molecule has 0 radical (unpaired) electrons. The second-order valence-electron chi connectivity index (χ2n) is 6.19. The Bertz CT molecular complexity index is 401. The molecule has 112 valence electrons. The van der Waals surface area contributed by atoms with Crippen molar-refractivity contribution in [3.63, 3.8) is 0 Å². The van der Waals surface area contributed by atoms with E-state index in [9.17, 15) is 0 Å². The number of rotatable bonds is 6. The lowest BCUT2D eigenvalue weighted by atomic mass is 9.98. The minimum atomic E-state index is 0.523. The van der Waals surface area contributed by atoms with Crippen molar-refractivity contribution >= 4 is 5.82 Å². The Balaban J connectivity index is 2.07. The molecule has 0 saturated carbocycles. The van der Waals surface area contributed by atoms with E-state index >= 15 is 0 Å². The molecule has 0 amide bonds. The summed E-state index contributed by atoms with van der Waals surface area (Å²) in [5.41, 5.74) is 1.34. The van der Waals surface area contributed by atoms with Crippen LogP contribution >= 0.6 is 0 Å². The van der Waals surface area contributed by atoms with Crippen molar-refractivity contribution in [2.24, 2.45) is 0 Å². The van der Waals surface area contributed by atoms with Gasteiger partial charge in [-0.2, -0.15) is 0 Å². The average molecular weight is 275 g/mol. The summed E-state index contributed by atoms with van der Waals surface area (Å²) in [7, 11) is 0. The Morgan fingerprint density at radius 1 is 1.40 bits per heavy atom. The van der Waals surface area contributed by atoms with Gasteiger partial charge in [0.2, 0.25) is 0 Å². The second-order valence-corrected chi connectivity index (χ2v) is 6.19. The van der Waals surface area contributed by atoms with Gasteiger partial charge in [0.1, 0.15) is 5.82 Å². The van der Waals surface area contributed by atoms with Crippen LogP contribution in [-0.4, -0.2) is 23.6 Å². The fourth-order valence-electron chi connectivity index (χ4n) is 2.99. The van der Waals surface area contributed by atoms with Gasteiger partial charge in [0.15, 0.2) is 0 Å². The van der Waals surface area contributed by atoms with Crippen molar-refractivity contribution < 1.29 is 0 Å². The number of pyridine rings is 1. The SMILES string of the molecule is CCCC1CCCCN1c1cc(CNC(C)C)ccn1. The van der Waals surface area contributed by atoms with E-state index in [1.165, 1.54) is 50.0 Å². The Morgan fingerprint density at radius 2 is 2.25 bits per heavy atom. The maximum absolute atomic E-state index is 4.62. The smallest absolute Gasteiger partial charge is 0.129 e. The van der Waals surface area contributed by atoms with Gasteiger partial charge in [-0.25, -0.2) is 4.98 Å². The molecular formula is C17H29N3. The van der Waals surface area contributed by atoms with Crippen LogP contribution in [0.5, 0.6) is 0 Å². The summed E-state index contributed by atoms with van der Waals surface area (Å²) >= 11 is 0. The number of aromatic nitrogens is 1. The van der Waals surface area contributed by atoms with E-state index in [0.717, 1.165) is 6.54 Å². The zero-order valence-corrected chi connectivity index (χ0v) is 13.2. The third kappa shape index (κ3) is 4.20. The van der Waals surface area contributed by atoms with Gasteiger partial charge in [0, 0.05) is 31.4 Å². The normalized spacial score (nSPS) is 19.6. The molecule has 3 heteroatoms. The van der Waals surface area contributed by atoms with Gasteiger partial charge in [-0.15, -0.1) is 0 Å². The molecule has 2 rings (SSSR count). The number of piperidine rings is 1. The van der Waals surface area contributed by atoms with Gasteiger partial charge >= 0.3 is 0 Å². The first-order valence-electron chi connectivity index (χ1n) is 8.15. The molecule has 1 unspecified atom stereocenters. The summed E-state index contributed by atoms with van der Waals surface area (Å²) in [5, 5.41) is 3.48. The Labute approximate surface area is 123 Å². The molecule has 1 N–H and O–H groups in total. The van der Waals surface area contributed by atoms with E-state index in [4.69, 9.17) is 0 Å². The largest absolute Gasteiger partial charge is 0.354 e. The highest BCUT2D eigenvalue weighted by Gasteiger charge is 2.22. The fourth-order valence-corrected chi connectivity index (χ4v) is 2.99. The summed E-state index contributed by atoms with van der Waals surface area (Å²) in [5.74, 6) is 1.17. The molecule has 1 atom stereocenters. The van der Waals surface area contributed by atoms with Crippen molar-refractivity contribution in [3.8, 4) is 0 Å². The predicted molar refractivity (Wildman–Crippen MR) is 86.1 cm³/mol. The molecule has 1 fully saturated rings. The van der Waals surface area contributed by atoms with Crippen molar-refractivity contribution in [3.05, 3.63) is 23.9 Å². The zero-order chi connectivity index (χ0) is 14.4. The maximum Gasteiger partial charge on any atom is 0.129 e. The highest BCUT2D eigenvalue weighted by molar-refractivity contribution is 5.42. The highest BCUT2D eigenvalue weighted by atomic mass is 15.2. The topological polar surface area (TPSA) is 28.2 Å². The first-order chi connectivity index (χ1) is 9.70. The zero-order valence-electron chi connectivity index (χ0n) is 13.2. The van der Waals surface area contributed by atoms with E-state index in [2.05, 4.69) is 48.1 Å². The molecule has 20 heavy (non-hydrogen) atoms. The van der Waals surface area contributed by atoms with Crippen molar-refractivity contribution in [2.45, 2.75) is 71.5 Å². The molecule has 0 aliphatic carbocycles. The van der Waals surface area contributed by atoms with Crippen molar-refractivity contribution in [1.29, 1.82) is 0 Å². The number of nitrogens with zero attached hydrogens (tertiary/aromatic N) is 2. The Hall–Kier alpha value is -1.09. The molecule has 1 aliphatic rings. The number of hydrogen-bond acceptors (Lipinski definition) is 3. The summed E-state index contributed by atoms with van der Waals surface area (Å²) in [6, 6.07) is 5.60. The minimum Gasteiger partial charge on any atom is -0.354 e. The molecule has 0 spiro atoms. The van der Waals surface area contributed by atoms with Crippen molar-refractivity contribution in [2.75, 3.05) is 11.4 Å². The maximum atomic E-state index is 4.62. The van der Waals surface area contributed by atoms with E-state index in [0.29, 0.717) is 12.1 Å².